The lowest BCUT2D eigenvalue weighted by Crippen LogP contribution is -2.38. The third-order valence-corrected chi connectivity index (χ3v) is 5.19. The molecule has 3 rings (SSSR count). The number of amides is 1. The zero-order chi connectivity index (χ0) is 22.8. The zero-order valence-corrected chi connectivity index (χ0v) is 19.1. The molecular weight excluding hydrogens is 406 g/mol. The second kappa shape index (κ2) is 12.0. The fourth-order valence-electron chi connectivity index (χ4n) is 3.38. The lowest BCUT2D eigenvalue weighted by molar-refractivity contribution is -0.116. The summed E-state index contributed by atoms with van der Waals surface area (Å²) in [6.45, 7) is 7.21. The molecule has 1 aliphatic rings. The summed E-state index contributed by atoms with van der Waals surface area (Å²) in [6, 6.07) is 11.7. The van der Waals surface area contributed by atoms with Gasteiger partial charge in [0, 0.05) is 50.3 Å². The number of aryl methyl sites for hydroxylation is 2. The predicted octanol–water partition coefficient (Wildman–Crippen LogP) is 2.81. The van der Waals surface area contributed by atoms with E-state index in [0.29, 0.717) is 43.8 Å². The van der Waals surface area contributed by atoms with Gasteiger partial charge in [-0.1, -0.05) is 18.2 Å². The highest BCUT2D eigenvalue weighted by molar-refractivity contribution is 5.90. The molecule has 0 radical (unpaired) electrons. The highest BCUT2D eigenvalue weighted by atomic mass is 16.5. The molecule has 0 bridgehead atoms. The first-order valence-electron chi connectivity index (χ1n) is 11.0. The van der Waals surface area contributed by atoms with Crippen LogP contribution in [0.5, 0.6) is 5.75 Å². The number of guanidine groups is 1. The molecule has 1 saturated heterocycles. The number of anilines is 1. The van der Waals surface area contributed by atoms with Crippen LogP contribution in [0.3, 0.4) is 0 Å². The summed E-state index contributed by atoms with van der Waals surface area (Å²) in [5.41, 5.74) is 3.07. The smallest absolute Gasteiger partial charge is 0.227 e. The summed E-state index contributed by atoms with van der Waals surface area (Å²) in [5.74, 6) is 2.42. The minimum absolute atomic E-state index is 0.101. The Morgan fingerprint density at radius 1 is 1.25 bits per heavy atom. The van der Waals surface area contributed by atoms with E-state index in [-0.39, 0.29) is 5.91 Å². The number of rotatable bonds is 9. The fourth-order valence-corrected chi connectivity index (χ4v) is 3.38. The third-order valence-electron chi connectivity index (χ3n) is 5.19. The minimum atomic E-state index is -0.101. The fraction of sp³-hybridized carbons (Fsp3) is 0.458. The lowest BCUT2D eigenvalue weighted by Gasteiger charge is -2.17. The van der Waals surface area contributed by atoms with Crippen LogP contribution < -0.4 is 20.7 Å². The second-order valence-corrected chi connectivity index (χ2v) is 7.97. The number of aliphatic imine (C=N–C) groups is 1. The third kappa shape index (κ3) is 7.53. The molecule has 2 heterocycles. The summed E-state index contributed by atoms with van der Waals surface area (Å²) in [5, 5.41) is 9.28. The minimum Gasteiger partial charge on any atom is -0.493 e. The van der Waals surface area contributed by atoms with Crippen LogP contribution >= 0.6 is 0 Å². The Morgan fingerprint density at radius 2 is 2.12 bits per heavy atom. The summed E-state index contributed by atoms with van der Waals surface area (Å²) >= 11 is 0. The van der Waals surface area contributed by atoms with Gasteiger partial charge in [-0.2, -0.15) is 0 Å². The average Bonchev–Trinajstić information content (AvgIpc) is 3.29. The Bertz CT molecular complexity index is 926. The molecule has 0 saturated carbocycles. The van der Waals surface area contributed by atoms with Crippen LogP contribution in [0.1, 0.15) is 29.7 Å². The normalized spacial score (nSPS) is 16.0. The molecule has 2 aromatic rings. The summed E-state index contributed by atoms with van der Waals surface area (Å²) in [4.78, 5) is 20.7. The van der Waals surface area contributed by atoms with Crippen LogP contribution in [-0.2, 0) is 16.1 Å². The molecule has 1 atom stereocenters. The molecule has 0 spiro atoms. The highest BCUT2D eigenvalue weighted by Crippen LogP contribution is 2.22. The number of hydrogen-bond acceptors (Lipinski definition) is 5. The topological polar surface area (TPSA) is 96.9 Å². The molecule has 8 heteroatoms. The molecule has 0 aliphatic carbocycles. The van der Waals surface area contributed by atoms with Gasteiger partial charge in [0.05, 0.1) is 13.2 Å². The van der Waals surface area contributed by atoms with E-state index in [4.69, 9.17) is 9.47 Å². The maximum absolute atomic E-state index is 12.2. The van der Waals surface area contributed by atoms with Crippen LogP contribution in [0.4, 0.5) is 5.82 Å². The Balaban J connectivity index is 1.45. The van der Waals surface area contributed by atoms with E-state index in [1.165, 1.54) is 0 Å². The first kappa shape index (κ1) is 23.5. The quantitative estimate of drug-likeness (QED) is 0.411. The first-order chi connectivity index (χ1) is 15.5. The molecule has 1 aliphatic heterocycles. The van der Waals surface area contributed by atoms with Crippen molar-refractivity contribution in [2.45, 2.75) is 33.2 Å². The van der Waals surface area contributed by atoms with Gasteiger partial charge < -0.3 is 25.4 Å². The molecule has 8 nitrogen and oxygen atoms in total. The Hall–Kier alpha value is -3.13. The van der Waals surface area contributed by atoms with Crippen LogP contribution in [0.15, 0.2) is 41.4 Å². The van der Waals surface area contributed by atoms with Crippen molar-refractivity contribution in [1.82, 2.24) is 15.6 Å². The summed E-state index contributed by atoms with van der Waals surface area (Å²) in [7, 11) is 1.71. The molecule has 1 aromatic heterocycles. The summed E-state index contributed by atoms with van der Waals surface area (Å²) in [6.07, 6.45) is 1.35. The van der Waals surface area contributed by atoms with E-state index in [2.05, 4.69) is 51.0 Å². The maximum atomic E-state index is 12.2. The second-order valence-electron chi connectivity index (χ2n) is 7.97. The van der Waals surface area contributed by atoms with Crippen LogP contribution in [0.25, 0.3) is 0 Å². The predicted molar refractivity (Wildman–Crippen MR) is 126 cm³/mol. The van der Waals surface area contributed by atoms with Crippen LogP contribution in [-0.4, -0.2) is 50.3 Å². The van der Waals surface area contributed by atoms with E-state index >= 15 is 0 Å². The van der Waals surface area contributed by atoms with Gasteiger partial charge in [0.25, 0.3) is 0 Å². The molecule has 3 N–H and O–H groups in total. The number of ether oxygens (including phenoxy) is 2. The number of nitrogens with one attached hydrogen (secondary N) is 3. The number of benzene rings is 1. The molecule has 1 fully saturated rings. The molecule has 1 unspecified atom stereocenters. The van der Waals surface area contributed by atoms with E-state index in [9.17, 15) is 4.79 Å². The van der Waals surface area contributed by atoms with Gasteiger partial charge in [-0.25, -0.2) is 4.98 Å². The Kier molecular flexibility index (Phi) is 8.86. The van der Waals surface area contributed by atoms with Gasteiger partial charge in [-0.05, 0) is 44.0 Å². The first-order valence-corrected chi connectivity index (χ1v) is 11.0. The number of aromatic nitrogens is 1. The molecule has 1 aromatic carbocycles. The van der Waals surface area contributed by atoms with Crippen molar-refractivity contribution in [2.24, 2.45) is 10.9 Å². The number of nitrogens with zero attached hydrogens (tertiary/aromatic N) is 2. The van der Waals surface area contributed by atoms with Crippen molar-refractivity contribution >= 4 is 17.7 Å². The van der Waals surface area contributed by atoms with E-state index in [1.54, 1.807) is 13.1 Å². The summed E-state index contributed by atoms with van der Waals surface area (Å²) < 4.78 is 11.5. The van der Waals surface area contributed by atoms with Crippen molar-refractivity contribution in [3.05, 3.63) is 53.2 Å². The van der Waals surface area contributed by atoms with Gasteiger partial charge in [0.2, 0.25) is 5.91 Å². The van der Waals surface area contributed by atoms with Gasteiger partial charge >= 0.3 is 0 Å². The van der Waals surface area contributed by atoms with E-state index < -0.39 is 0 Å². The number of carbonyl (C=O) groups excluding carboxylic acids is 1. The average molecular weight is 440 g/mol. The largest absolute Gasteiger partial charge is 0.493 e. The standard InChI is InChI=1S/C24H33N5O3/c1-17-7-8-20(21(13-17)32-16-19-10-12-31-15-19)14-27-24(25-3)26-11-9-23(30)29-22-6-4-5-18(2)28-22/h4-8,13,19H,9-12,14-16H2,1-3H3,(H2,25,26,27)(H,28,29,30). The molecule has 172 valence electrons. The SMILES string of the molecule is CN=C(NCCC(=O)Nc1cccc(C)n1)NCc1ccc(C)cc1OCC1CCOC1. The van der Waals surface area contributed by atoms with Crippen molar-refractivity contribution < 1.29 is 14.3 Å². The molecular formula is C24H33N5O3. The highest BCUT2D eigenvalue weighted by Gasteiger charge is 2.17. The Morgan fingerprint density at radius 3 is 2.88 bits per heavy atom. The number of hydrogen-bond donors (Lipinski definition) is 3. The van der Waals surface area contributed by atoms with Gasteiger partial charge in [0.15, 0.2) is 5.96 Å². The van der Waals surface area contributed by atoms with Crippen molar-refractivity contribution in [2.75, 3.05) is 38.7 Å². The maximum Gasteiger partial charge on any atom is 0.227 e. The number of carbonyl (C=O) groups is 1. The van der Waals surface area contributed by atoms with E-state index in [1.807, 2.05) is 19.1 Å². The molecule has 1 amide bonds. The van der Waals surface area contributed by atoms with Crippen LogP contribution in [0.2, 0.25) is 0 Å². The lowest BCUT2D eigenvalue weighted by atomic mass is 10.1. The monoisotopic (exact) mass is 439 g/mol. The Labute approximate surface area is 189 Å². The van der Waals surface area contributed by atoms with Crippen molar-refractivity contribution in [3.63, 3.8) is 0 Å². The number of pyridine rings is 1. The van der Waals surface area contributed by atoms with E-state index in [0.717, 1.165) is 42.2 Å². The van der Waals surface area contributed by atoms with Gasteiger partial charge in [-0.15, -0.1) is 0 Å². The van der Waals surface area contributed by atoms with Gasteiger partial charge in [0.1, 0.15) is 11.6 Å². The van der Waals surface area contributed by atoms with Gasteiger partial charge in [-0.3, -0.25) is 9.79 Å². The zero-order valence-electron chi connectivity index (χ0n) is 19.1. The van der Waals surface area contributed by atoms with Crippen LogP contribution in [0, 0.1) is 19.8 Å². The van der Waals surface area contributed by atoms with Crippen molar-refractivity contribution in [3.8, 4) is 5.75 Å². The molecule has 32 heavy (non-hydrogen) atoms. The van der Waals surface area contributed by atoms with Crippen molar-refractivity contribution in [1.29, 1.82) is 0 Å².